The molecule has 0 spiro atoms. The van der Waals surface area contributed by atoms with E-state index in [-0.39, 0.29) is 12.6 Å². The van der Waals surface area contributed by atoms with E-state index in [1.807, 2.05) is 18.2 Å². The Hall–Kier alpha value is -2.69. The third-order valence-electron chi connectivity index (χ3n) is 2.23. The first-order chi connectivity index (χ1) is 9.36. The smallest absolute Gasteiger partial charge is 0.338 e. The van der Waals surface area contributed by atoms with Gasteiger partial charge in [-0.25, -0.2) is 9.78 Å². The number of nitrogens with zero attached hydrogens (tertiary/aromatic N) is 2. The normalized spacial score (nSPS) is 10.3. The van der Waals surface area contributed by atoms with E-state index in [0.29, 0.717) is 11.4 Å². The standard InChI is InChI=1S/C14H13N3O2/c18-14(12-6-2-1-3-7-12)19-11-10-16-17-13-8-4-5-9-15-13/h1-10H,11H2,(H,15,17)/b16-10-. The fourth-order valence-corrected chi connectivity index (χ4v) is 1.35. The predicted octanol–water partition coefficient (Wildman–Crippen LogP) is 2.34. The fraction of sp³-hybridized carbons (Fsp3) is 0.0714. The van der Waals surface area contributed by atoms with Crippen LogP contribution in [0.5, 0.6) is 0 Å². The maximum atomic E-state index is 11.6. The third kappa shape index (κ3) is 4.23. The zero-order chi connectivity index (χ0) is 13.3. The van der Waals surface area contributed by atoms with Crippen molar-refractivity contribution < 1.29 is 9.53 Å². The number of hydrazone groups is 1. The molecule has 0 bridgehead atoms. The lowest BCUT2D eigenvalue weighted by Crippen LogP contribution is -2.07. The number of hydrogen-bond donors (Lipinski definition) is 1. The fourth-order valence-electron chi connectivity index (χ4n) is 1.35. The molecule has 0 aliphatic carbocycles. The summed E-state index contributed by atoms with van der Waals surface area (Å²) < 4.78 is 5.02. The topological polar surface area (TPSA) is 63.6 Å². The maximum Gasteiger partial charge on any atom is 0.338 e. The number of anilines is 1. The van der Waals surface area contributed by atoms with Crippen LogP contribution in [0.1, 0.15) is 10.4 Å². The van der Waals surface area contributed by atoms with Gasteiger partial charge in [0, 0.05) is 6.20 Å². The predicted molar refractivity (Wildman–Crippen MR) is 73.1 cm³/mol. The minimum Gasteiger partial charge on any atom is -0.456 e. The lowest BCUT2D eigenvalue weighted by molar-refractivity contribution is 0.0567. The van der Waals surface area contributed by atoms with Crippen molar-refractivity contribution in [3.63, 3.8) is 0 Å². The van der Waals surface area contributed by atoms with E-state index in [1.54, 1.807) is 36.5 Å². The average Bonchev–Trinajstić information content (AvgIpc) is 2.49. The minimum absolute atomic E-state index is 0.105. The number of benzene rings is 1. The van der Waals surface area contributed by atoms with Gasteiger partial charge in [0.2, 0.25) is 0 Å². The Morgan fingerprint density at radius 1 is 1.21 bits per heavy atom. The average molecular weight is 255 g/mol. The van der Waals surface area contributed by atoms with Gasteiger partial charge < -0.3 is 4.74 Å². The molecule has 5 heteroatoms. The van der Waals surface area contributed by atoms with E-state index in [9.17, 15) is 4.79 Å². The Kier molecular flexibility index (Phi) is 4.64. The van der Waals surface area contributed by atoms with Crippen LogP contribution in [-0.2, 0) is 4.74 Å². The van der Waals surface area contributed by atoms with Gasteiger partial charge in [-0.2, -0.15) is 5.10 Å². The van der Waals surface area contributed by atoms with E-state index >= 15 is 0 Å². The number of nitrogens with one attached hydrogen (secondary N) is 1. The summed E-state index contributed by atoms with van der Waals surface area (Å²) in [6.07, 6.45) is 3.13. The van der Waals surface area contributed by atoms with Gasteiger partial charge in [0.15, 0.2) is 0 Å². The molecule has 0 atom stereocenters. The van der Waals surface area contributed by atoms with Gasteiger partial charge in [0.1, 0.15) is 12.4 Å². The summed E-state index contributed by atoms with van der Waals surface area (Å²) in [4.78, 5) is 15.6. The van der Waals surface area contributed by atoms with Crippen LogP contribution in [0.4, 0.5) is 5.82 Å². The number of hydrogen-bond acceptors (Lipinski definition) is 5. The number of pyridine rings is 1. The van der Waals surface area contributed by atoms with Crippen LogP contribution < -0.4 is 5.43 Å². The van der Waals surface area contributed by atoms with Crippen LogP contribution in [0.25, 0.3) is 0 Å². The quantitative estimate of drug-likeness (QED) is 0.506. The first-order valence-electron chi connectivity index (χ1n) is 5.77. The molecule has 1 aromatic heterocycles. The van der Waals surface area contributed by atoms with Crippen LogP contribution in [0.2, 0.25) is 0 Å². The summed E-state index contributed by atoms with van der Waals surface area (Å²) in [6.45, 7) is 0.105. The van der Waals surface area contributed by atoms with E-state index in [4.69, 9.17) is 4.74 Å². The van der Waals surface area contributed by atoms with Crippen molar-refractivity contribution in [3.05, 3.63) is 60.3 Å². The SMILES string of the molecule is O=C(OC/C=N\Nc1ccccn1)c1ccccc1. The second-order valence-electron chi connectivity index (χ2n) is 3.60. The van der Waals surface area contributed by atoms with Gasteiger partial charge in [-0.05, 0) is 24.3 Å². The molecule has 1 aromatic carbocycles. The van der Waals surface area contributed by atoms with Crippen molar-refractivity contribution in [3.8, 4) is 0 Å². The molecule has 0 unspecified atom stereocenters. The van der Waals surface area contributed by atoms with Crippen LogP contribution in [0.15, 0.2) is 59.8 Å². The number of rotatable bonds is 5. The van der Waals surface area contributed by atoms with Crippen molar-refractivity contribution in [1.82, 2.24) is 4.98 Å². The Morgan fingerprint density at radius 3 is 2.74 bits per heavy atom. The van der Waals surface area contributed by atoms with Crippen molar-refractivity contribution in [1.29, 1.82) is 0 Å². The third-order valence-corrected chi connectivity index (χ3v) is 2.23. The van der Waals surface area contributed by atoms with Gasteiger partial charge in [0.05, 0.1) is 11.8 Å². The molecule has 0 fully saturated rings. The van der Waals surface area contributed by atoms with Crippen molar-refractivity contribution >= 4 is 18.0 Å². The lowest BCUT2D eigenvalue weighted by Gasteiger charge is -2.01. The Labute approximate surface area is 110 Å². The van der Waals surface area contributed by atoms with E-state index in [1.165, 1.54) is 6.21 Å². The van der Waals surface area contributed by atoms with Crippen molar-refractivity contribution in [2.24, 2.45) is 5.10 Å². The van der Waals surface area contributed by atoms with E-state index in [2.05, 4.69) is 15.5 Å². The van der Waals surface area contributed by atoms with Gasteiger partial charge >= 0.3 is 5.97 Å². The molecule has 0 amide bonds. The summed E-state index contributed by atoms with van der Waals surface area (Å²) in [5.74, 6) is 0.262. The van der Waals surface area contributed by atoms with Gasteiger partial charge in [-0.1, -0.05) is 24.3 Å². The largest absolute Gasteiger partial charge is 0.456 e. The molecule has 19 heavy (non-hydrogen) atoms. The zero-order valence-electron chi connectivity index (χ0n) is 10.2. The molecular formula is C14H13N3O2. The highest BCUT2D eigenvalue weighted by molar-refractivity contribution is 5.90. The molecule has 0 aliphatic heterocycles. The Bertz CT molecular complexity index is 541. The number of carbonyl (C=O) groups is 1. The summed E-state index contributed by atoms with van der Waals surface area (Å²) >= 11 is 0. The van der Waals surface area contributed by atoms with Gasteiger partial charge in [-0.15, -0.1) is 0 Å². The molecular weight excluding hydrogens is 242 g/mol. The highest BCUT2D eigenvalue weighted by Gasteiger charge is 2.03. The first kappa shape index (κ1) is 12.8. The molecule has 0 saturated carbocycles. The molecule has 2 rings (SSSR count). The van der Waals surface area contributed by atoms with Crippen LogP contribution in [0, 0.1) is 0 Å². The molecule has 1 heterocycles. The molecule has 2 aromatic rings. The molecule has 5 nitrogen and oxygen atoms in total. The summed E-state index contributed by atoms with van der Waals surface area (Å²) in [7, 11) is 0. The Morgan fingerprint density at radius 2 is 2.00 bits per heavy atom. The maximum absolute atomic E-state index is 11.6. The second kappa shape index (κ2) is 6.90. The number of esters is 1. The summed E-state index contributed by atoms with van der Waals surface area (Å²) in [6, 6.07) is 14.3. The van der Waals surface area contributed by atoms with Gasteiger partial charge in [-0.3, -0.25) is 5.43 Å². The van der Waals surface area contributed by atoms with Crippen LogP contribution in [-0.4, -0.2) is 23.8 Å². The second-order valence-corrected chi connectivity index (χ2v) is 3.60. The van der Waals surface area contributed by atoms with E-state index in [0.717, 1.165) is 0 Å². The summed E-state index contributed by atoms with van der Waals surface area (Å²) in [5, 5.41) is 3.89. The molecule has 0 saturated heterocycles. The summed E-state index contributed by atoms with van der Waals surface area (Å²) in [5.41, 5.74) is 3.25. The Balaban J connectivity index is 1.73. The highest BCUT2D eigenvalue weighted by atomic mass is 16.5. The lowest BCUT2D eigenvalue weighted by atomic mass is 10.2. The first-order valence-corrected chi connectivity index (χ1v) is 5.77. The minimum atomic E-state index is -0.370. The highest BCUT2D eigenvalue weighted by Crippen LogP contribution is 2.00. The van der Waals surface area contributed by atoms with Gasteiger partial charge in [0.25, 0.3) is 0 Å². The zero-order valence-corrected chi connectivity index (χ0v) is 10.2. The molecule has 1 N–H and O–H groups in total. The van der Waals surface area contributed by atoms with Crippen molar-refractivity contribution in [2.75, 3.05) is 12.0 Å². The monoisotopic (exact) mass is 255 g/mol. The number of aromatic nitrogens is 1. The number of carbonyl (C=O) groups excluding carboxylic acids is 1. The van der Waals surface area contributed by atoms with E-state index < -0.39 is 0 Å². The van der Waals surface area contributed by atoms with Crippen LogP contribution in [0.3, 0.4) is 0 Å². The molecule has 96 valence electrons. The van der Waals surface area contributed by atoms with Crippen molar-refractivity contribution in [2.45, 2.75) is 0 Å². The van der Waals surface area contributed by atoms with Crippen LogP contribution >= 0.6 is 0 Å². The molecule has 0 aliphatic rings. The number of ether oxygens (including phenoxy) is 1. The molecule has 0 radical (unpaired) electrons.